The fraction of sp³-hybridized carbons (Fsp3) is 1.00. The van der Waals surface area contributed by atoms with Crippen LogP contribution in [-0.4, -0.2) is 38.4 Å². The second-order valence-corrected chi connectivity index (χ2v) is 6.22. The lowest BCUT2D eigenvalue weighted by molar-refractivity contribution is -0.0652. The lowest BCUT2D eigenvalue weighted by Crippen LogP contribution is -2.59. The first-order chi connectivity index (χ1) is 7.36. The number of nitrogens with one attached hydrogen (secondary N) is 2. The maximum absolute atomic E-state index is 5.82. The summed E-state index contributed by atoms with van der Waals surface area (Å²) in [6.07, 6.45) is 0. The second-order valence-electron chi connectivity index (χ2n) is 6.22. The number of rotatable bonds is 7. The van der Waals surface area contributed by atoms with Gasteiger partial charge in [-0.1, -0.05) is 27.7 Å². The summed E-state index contributed by atoms with van der Waals surface area (Å²) in [6, 6.07) is 0. The Morgan fingerprint density at radius 1 is 1.38 bits per heavy atom. The molecule has 0 aromatic rings. The summed E-state index contributed by atoms with van der Waals surface area (Å²) in [7, 11) is 0. The molecule has 0 unspecified atom stereocenters. The van der Waals surface area contributed by atoms with E-state index < -0.39 is 0 Å². The van der Waals surface area contributed by atoms with Crippen molar-refractivity contribution >= 4 is 0 Å². The predicted octanol–water partition coefficient (Wildman–Crippen LogP) is 1.64. The van der Waals surface area contributed by atoms with Crippen LogP contribution < -0.4 is 10.6 Å². The Morgan fingerprint density at radius 2 is 2.00 bits per heavy atom. The molecular weight excluding hydrogens is 200 g/mol. The summed E-state index contributed by atoms with van der Waals surface area (Å²) in [5, 5.41) is 6.72. The highest BCUT2D eigenvalue weighted by Crippen LogP contribution is 2.24. The summed E-state index contributed by atoms with van der Waals surface area (Å²) >= 11 is 0. The molecule has 3 heteroatoms. The Labute approximate surface area is 100 Å². The lowest BCUT2D eigenvalue weighted by Gasteiger charge is -2.39. The quantitative estimate of drug-likeness (QED) is 0.650. The van der Waals surface area contributed by atoms with Crippen molar-refractivity contribution in [2.45, 2.75) is 40.2 Å². The average Bonchev–Trinajstić information content (AvgIpc) is 2.14. The van der Waals surface area contributed by atoms with Crippen LogP contribution in [0.4, 0.5) is 0 Å². The zero-order chi connectivity index (χ0) is 12.2. The van der Waals surface area contributed by atoms with Gasteiger partial charge >= 0.3 is 0 Å². The summed E-state index contributed by atoms with van der Waals surface area (Å²) in [5.74, 6) is 0.703. The monoisotopic (exact) mass is 228 g/mol. The van der Waals surface area contributed by atoms with E-state index in [1.165, 1.54) is 0 Å². The van der Waals surface area contributed by atoms with Gasteiger partial charge in [0.05, 0.1) is 12.2 Å². The van der Waals surface area contributed by atoms with Crippen LogP contribution in [0.15, 0.2) is 0 Å². The molecule has 96 valence electrons. The van der Waals surface area contributed by atoms with Crippen LogP contribution in [0.25, 0.3) is 0 Å². The molecule has 3 nitrogen and oxygen atoms in total. The van der Waals surface area contributed by atoms with Crippen molar-refractivity contribution in [3.05, 3.63) is 0 Å². The molecule has 0 radical (unpaired) electrons. The van der Waals surface area contributed by atoms with Gasteiger partial charge in [0, 0.05) is 26.2 Å². The van der Waals surface area contributed by atoms with Crippen molar-refractivity contribution in [3.8, 4) is 0 Å². The van der Waals surface area contributed by atoms with Crippen LogP contribution in [0.3, 0.4) is 0 Å². The molecule has 0 aromatic carbocycles. The van der Waals surface area contributed by atoms with Crippen LogP contribution in [0.2, 0.25) is 0 Å². The third-order valence-electron chi connectivity index (χ3n) is 3.87. The molecule has 1 rings (SSSR count). The third-order valence-corrected chi connectivity index (χ3v) is 3.87. The standard InChI is InChI=1S/C13H28N2O/c1-11(2)12(3,4)8-14-6-7-16-13(5)9-15-10-13/h11,14-15H,6-10H2,1-5H3. The van der Waals surface area contributed by atoms with Crippen LogP contribution in [0, 0.1) is 11.3 Å². The molecule has 1 heterocycles. The highest BCUT2D eigenvalue weighted by molar-refractivity contribution is 4.90. The third kappa shape index (κ3) is 4.04. The van der Waals surface area contributed by atoms with Gasteiger partial charge in [0.25, 0.3) is 0 Å². The molecule has 0 aliphatic carbocycles. The minimum absolute atomic E-state index is 0.0925. The highest BCUT2D eigenvalue weighted by Gasteiger charge is 2.32. The van der Waals surface area contributed by atoms with Crippen molar-refractivity contribution in [1.82, 2.24) is 10.6 Å². The number of ether oxygens (including phenoxy) is 1. The van der Waals surface area contributed by atoms with Gasteiger partial charge in [-0.25, -0.2) is 0 Å². The molecule has 2 N–H and O–H groups in total. The first-order valence-corrected chi connectivity index (χ1v) is 6.41. The zero-order valence-electron chi connectivity index (χ0n) is 11.5. The molecule has 0 saturated carbocycles. The van der Waals surface area contributed by atoms with Gasteiger partial charge in [0.1, 0.15) is 0 Å². The molecule has 0 aromatic heterocycles. The van der Waals surface area contributed by atoms with E-state index in [2.05, 4.69) is 45.3 Å². The molecule has 1 fully saturated rings. The fourth-order valence-electron chi connectivity index (χ4n) is 1.56. The Hall–Kier alpha value is -0.120. The maximum atomic E-state index is 5.82. The minimum atomic E-state index is 0.0925. The largest absolute Gasteiger partial charge is 0.371 e. The van der Waals surface area contributed by atoms with Crippen LogP contribution >= 0.6 is 0 Å². The van der Waals surface area contributed by atoms with Crippen LogP contribution in [-0.2, 0) is 4.74 Å². The van der Waals surface area contributed by atoms with E-state index in [1.54, 1.807) is 0 Å². The van der Waals surface area contributed by atoms with Gasteiger partial charge in [-0.05, 0) is 18.3 Å². The molecule has 16 heavy (non-hydrogen) atoms. The normalized spacial score (nSPS) is 19.9. The summed E-state index contributed by atoms with van der Waals surface area (Å²) in [4.78, 5) is 0. The summed E-state index contributed by atoms with van der Waals surface area (Å²) in [5.41, 5.74) is 0.456. The van der Waals surface area contributed by atoms with E-state index in [1.807, 2.05) is 0 Å². The van der Waals surface area contributed by atoms with Crippen molar-refractivity contribution in [2.75, 3.05) is 32.8 Å². The highest BCUT2D eigenvalue weighted by atomic mass is 16.5. The maximum Gasteiger partial charge on any atom is 0.0902 e. The predicted molar refractivity (Wildman–Crippen MR) is 68.7 cm³/mol. The molecule has 0 amide bonds. The minimum Gasteiger partial charge on any atom is -0.371 e. The molecule has 1 saturated heterocycles. The summed E-state index contributed by atoms with van der Waals surface area (Å²) < 4.78 is 5.82. The van der Waals surface area contributed by atoms with Gasteiger partial charge in [0.2, 0.25) is 0 Å². The molecule has 0 atom stereocenters. The van der Waals surface area contributed by atoms with E-state index in [0.717, 1.165) is 32.8 Å². The molecule has 1 aliphatic rings. The van der Waals surface area contributed by atoms with E-state index in [0.29, 0.717) is 11.3 Å². The average molecular weight is 228 g/mol. The van der Waals surface area contributed by atoms with Crippen molar-refractivity contribution < 1.29 is 4.74 Å². The molecule has 0 spiro atoms. The smallest absolute Gasteiger partial charge is 0.0902 e. The molecule has 0 bridgehead atoms. The van der Waals surface area contributed by atoms with Gasteiger partial charge in [-0.3, -0.25) is 0 Å². The lowest BCUT2D eigenvalue weighted by atomic mass is 9.81. The van der Waals surface area contributed by atoms with Gasteiger partial charge in [0.15, 0.2) is 0 Å². The molecule has 1 aliphatic heterocycles. The Kier molecular flexibility index (Phi) is 4.77. The zero-order valence-corrected chi connectivity index (χ0v) is 11.5. The van der Waals surface area contributed by atoms with E-state index in [4.69, 9.17) is 4.74 Å². The van der Waals surface area contributed by atoms with Crippen molar-refractivity contribution in [3.63, 3.8) is 0 Å². The Bertz CT molecular complexity index is 210. The SMILES string of the molecule is CC(C)C(C)(C)CNCCOC1(C)CNC1. The van der Waals surface area contributed by atoms with Crippen LogP contribution in [0.5, 0.6) is 0 Å². The number of hydrogen-bond acceptors (Lipinski definition) is 3. The second kappa shape index (κ2) is 5.48. The van der Waals surface area contributed by atoms with E-state index in [-0.39, 0.29) is 5.60 Å². The van der Waals surface area contributed by atoms with E-state index in [9.17, 15) is 0 Å². The van der Waals surface area contributed by atoms with Crippen molar-refractivity contribution in [2.24, 2.45) is 11.3 Å². The van der Waals surface area contributed by atoms with Gasteiger partial charge in [-0.15, -0.1) is 0 Å². The Morgan fingerprint density at radius 3 is 2.44 bits per heavy atom. The fourth-order valence-corrected chi connectivity index (χ4v) is 1.56. The van der Waals surface area contributed by atoms with Crippen molar-refractivity contribution in [1.29, 1.82) is 0 Å². The number of hydrogen-bond donors (Lipinski definition) is 2. The van der Waals surface area contributed by atoms with E-state index >= 15 is 0 Å². The first kappa shape index (κ1) is 13.9. The Balaban J connectivity index is 2.03. The van der Waals surface area contributed by atoms with Crippen LogP contribution in [0.1, 0.15) is 34.6 Å². The summed E-state index contributed by atoms with van der Waals surface area (Å²) in [6.45, 7) is 16.1. The van der Waals surface area contributed by atoms with Gasteiger partial charge < -0.3 is 15.4 Å². The topological polar surface area (TPSA) is 33.3 Å². The first-order valence-electron chi connectivity index (χ1n) is 6.41. The van der Waals surface area contributed by atoms with Gasteiger partial charge in [-0.2, -0.15) is 0 Å². The molecular formula is C13H28N2O.